The normalized spacial score (nSPS) is 13.1. The van der Waals surface area contributed by atoms with Gasteiger partial charge in [-0.2, -0.15) is 11.3 Å². The standard InChI is InChI=1S/C19H30O2SSi/c1-14(2)23(15(3)4,16(5)6)11-9-17(12-19(20)21-7)18-8-10-22-13-18/h8,10,13-17H,12H2,1-7H3/t17-/m0/s1. The number of thiophene rings is 1. The Bertz CT molecular complexity index is 528. The van der Waals surface area contributed by atoms with Crippen molar-refractivity contribution in [1.29, 1.82) is 0 Å². The zero-order valence-corrected chi connectivity index (χ0v) is 17.3. The molecule has 0 spiro atoms. The molecule has 0 aromatic carbocycles. The molecule has 0 saturated carbocycles. The van der Waals surface area contributed by atoms with E-state index in [0.717, 1.165) is 5.56 Å². The first-order valence-corrected chi connectivity index (χ1v) is 11.5. The van der Waals surface area contributed by atoms with Gasteiger partial charge in [-0.1, -0.05) is 41.5 Å². The number of esters is 1. The van der Waals surface area contributed by atoms with Crippen molar-refractivity contribution < 1.29 is 9.53 Å². The van der Waals surface area contributed by atoms with Gasteiger partial charge in [0.25, 0.3) is 0 Å². The Morgan fingerprint density at radius 2 is 1.74 bits per heavy atom. The molecule has 0 saturated heterocycles. The van der Waals surface area contributed by atoms with Crippen LogP contribution in [-0.4, -0.2) is 21.2 Å². The van der Waals surface area contributed by atoms with E-state index in [1.807, 2.05) is 5.38 Å². The van der Waals surface area contributed by atoms with Gasteiger partial charge >= 0.3 is 5.97 Å². The summed E-state index contributed by atoms with van der Waals surface area (Å²) in [4.78, 5) is 11.8. The maximum atomic E-state index is 11.8. The van der Waals surface area contributed by atoms with E-state index in [1.54, 1.807) is 11.3 Å². The third kappa shape index (κ3) is 4.71. The van der Waals surface area contributed by atoms with Gasteiger partial charge in [-0.15, -0.1) is 11.5 Å². The van der Waals surface area contributed by atoms with Gasteiger partial charge in [0.15, 0.2) is 0 Å². The van der Waals surface area contributed by atoms with Crippen LogP contribution >= 0.6 is 11.3 Å². The van der Waals surface area contributed by atoms with Crippen LogP contribution in [0.3, 0.4) is 0 Å². The quantitative estimate of drug-likeness (QED) is 0.378. The molecule has 1 aromatic heterocycles. The Morgan fingerprint density at radius 3 is 2.13 bits per heavy atom. The maximum Gasteiger partial charge on any atom is 0.307 e. The lowest BCUT2D eigenvalue weighted by molar-refractivity contribution is -0.140. The van der Waals surface area contributed by atoms with E-state index >= 15 is 0 Å². The first-order chi connectivity index (χ1) is 10.8. The summed E-state index contributed by atoms with van der Waals surface area (Å²) in [7, 11) is -0.334. The van der Waals surface area contributed by atoms with Gasteiger partial charge < -0.3 is 4.74 Å². The van der Waals surface area contributed by atoms with Crippen molar-refractivity contribution in [3.63, 3.8) is 0 Å². The highest BCUT2D eigenvalue weighted by Crippen LogP contribution is 2.41. The van der Waals surface area contributed by atoms with Crippen molar-refractivity contribution in [2.24, 2.45) is 0 Å². The number of hydrogen-bond acceptors (Lipinski definition) is 3. The summed E-state index contributed by atoms with van der Waals surface area (Å²) >= 11 is 1.65. The average Bonchev–Trinajstić information content (AvgIpc) is 2.99. The second-order valence-electron chi connectivity index (χ2n) is 7.06. The number of carbonyl (C=O) groups excluding carboxylic acids is 1. The van der Waals surface area contributed by atoms with Gasteiger partial charge in [-0.3, -0.25) is 4.79 Å². The zero-order chi connectivity index (χ0) is 17.6. The molecule has 0 aliphatic carbocycles. The summed E-state index contributed by atoms with van der Waals surface area (Å²) in [6.07, 6.45) is 0.332. The third-order valence-electron chi connectivity index (χ3n) is 4.87. The molecule has 0 aliphatic rings. The highest BCUT2D eigenvalue weighted by molar-refractivity contribution is 7.08. The molecule has 128 valence electrons. The summed E-state index contributed by atoms with van der Waals surface area (Å²) in [5, 5.41) is 4.13. The van der Waals surface area contributed by atoms with Crippen LogP contribution in [0.2, 0.25) is 16.6 Å². The van der Waals surface area contributed by atoms with Gasteiger partial charge in [0.1, 0.15) is 8.07 Å². The molecule has 1 rings (SSSR count). The molecule has 1 atom stereocenters. The minimum Gasteiger partial charge on any atom is -0.469 e. The summed E-state index contributed by atoms with van der Waals surface area (Å²) in [5.41, 5.74) is 6.65. The molecule has 1 aromatic rings. The van der Waals surface area contributed by atoms with Crippen LogP contribution in [0.5, 0.6) is 0 Å². The summed E-state index contributed by atoms with van der Waals surface area (Å²) in [6, 6.07) is 2.07. The fraction of sp³-hybridized carbons (Fsp3) is 0.632. The molecule has 23 heavy (non-hydrogen) atoms. The Labute approximate surface area is 146 Å². The number of hydrogen-bond donors (Lipinski definition) is 0. The highest BCUT2D eigenvalue weighted by atomic mass is 32.1. The van der Waals surface area contributed by atoms with E-state index in [0.29, 0.717) is 23.0 Å². The Morgan fingerprint density at radius 1 is 1.17 bits per heavy atom. The summed E-state index contributed by atoms with van der Waals surface area (Å²) in [6.45, 7) is 13.8. The Kier molecular flexibility index (Phi) is 7.56. The van der Waals surface area contributed by atoms with E-state index in [1.165, 1.54) is 7.11 Å². The van der Waals surface area contributed by atoms with Crippen LogP contribution in [0.15, 0.2) is 16.8 Å². The van der Waals surface area contributed by atoms with Gasteiger partial charge in [0.2, 0.25) is 0 Å². The molecular formula is C19H30O2SSi. The lowest BCUT2D eigenvalue weighted by atomic mass is 10.00. The van der Waals surface area contributed by atoms with Crippen molar-refractivity contribution in [2.75, 3.05) is 7.11 Å². The largest absolute Gasteiger partial charge is 0.469 e. The van der Waals surface area contributed by atoms with Crippen LogP contribution < -0.4 is 0 Å². The topological polar surface area (TPSA) is 26.3 Å². The van der Waals surface area contributed by atoms with Crippen LogP contribution in [0.1, 0.15) is 59.4 Å². The molecule has 0 bridgehead atoms. The number of ether oxygens (including phenoxy) is 1. The molecule has 0 unspecified atom stereocenters. The van der Waals surface area contributed by atoms with Crippen LogP contribution in [0, 0.1) is 11.5 Å². The smallest absolute Gasteiger partial charge is 0.307 e. The summed E-state index contributed by atoms with van der Waals surface area (Å²) < 4.78 is 4.86. The van der Waals surface area contributed by atoms with Gasteiger partial charge in [0.05, 0.1) is 19.4 Å². The molecule has 2 nitrogen and oxygen atoms in total. The number of carbonyl (C=O) groups is 1. The second kappa shape index (κ2) is 8.70. The lowest BCUT2D eigenvalue weighted by Crippen LogP contribution is -2.43. The Hall–Kier alpha value is -1.05. The first kappa shape index (κ1) is 20.0. The van der Waals surface area contributed by atoms with Crippen LogP contribution in [0.25, 0.3) is 0 Å². The van der Waals surface area contributed by atoms with Crippen molar-refractivity contribution in [3.05, 3.63) is 22.4 Å². The van der Waals surface area contributed by atoms with Crippen molar-refractivity contribution in [3.8, 4) is 11.5 Å². The van der Waals surface area contributed by atoms with E-state index in [2.05, 4.69) is 64.5 Å². The summed E-state index contributed by atoms with van der Waals surface area (Å²) in [5.74, 6) is 3.24. The third-order valence-corrected chi connectivity index (χ3v) is 11.9. The second-order valence-corrected chi connectivity index (χ2v) is 13.4. The molecule has 0 fully saturated rings. The molecule has 0 aliphatic heterocycles. The zero-order valence-electron chi connectivity index (χ0n) is 15.5. The monoisotopic (exact) mass is 350 g/mol. The van der Waals surface area contributed by atoms with Crippen LogP contribution in [-0.2, 0) is 9.53 Å². The fourth-order valence-corrected chi connectivity index (χ4v) is 9.63. The minimum atomic E-state index is -1.77. The minimum absolute atomic E-state index is 0.0585. The maximum absolute atomic E-state index is 11.8. The highest BCUT2D eigenvalue weighted by Gasteiger charge is 2.41. The van der Waals surface area contributed by atoms with E-state index in [9.17, 15) is 4.79 Å². The molecule has 1 heterocycles. The first-order valence-electron chi connectivity index (χ1n) is 8.37. The van der Waals surface area contributed by atoms with Crippen molar-refractivity contribution in [1.82, 2.24) is 0 Å². The molecule has 0 N–H and O–H groups in total. The Balaban J connectivity index is 3.24. The number of rotatable bonds is 6. The number of methoxy groups -OCH3 is 1. The molecular weight excluding hydrogens is 320 g/mol. The van der Waals surface area contributed by atoms with Gasteiger partial charge in [-0.25, -0.2) is 0 Å². The molecule has 0 radical (unpaired) electrons. The predicted molar refractivity (Wildman–Crippen MR) is 103 cm³/mol. The SMILES string of the molecule is COC(=O)C[C@H](C#C[Si](C(C)C)(C(C)C)C(C)C)c1ccsc1. The van der Waals surface area contributed by atoms with Crippen molar-refractivity contribution in [2.45, 2.75) is 70.5 Å². The average molecular weight is 351 g/mol. The predicted octanol–water partition coefficient (Wildman–Crippen LogP) is 5.62. The molecule has 4 heteroatoms. The van der Waals surface area contributed by atoms with E-state index in [-0.39, 0.29) is 11.9 Å². The fourth-order valence-electron chi connectivity index (χ4n) is 3.62. The van der Waals surface area contributed by atoms with Crippen molar-refractivity contribution >= 4 is 25.4 Å². The van der Waals surface area contributed by atoms with E-state index < -0.39 is 8.07 Å². The molecule has 0 amide bonds. The lowest BCUT2D eigenvalue weighted by Gasteiger charge is -2.38. The van der Waals surface area contributed by atoms with Crippen LogP contribution in [0.4, 0.5) is 0 Å². The van der Waals surface area contributed by atoms with Gasteiger partial charge in [0, 0.05) is 0 Å². The van der Waals surface area contributed by atoms with Gasteiger partial charge in [-0.05, 0) is 39.0 Å². The van der Waals surface area contributed by atoms with E-state index in [4.69, 9.17) is 4.74 Å².